The summed E-state index contributed by atoms with van der Waals surface area (Å²) in [7, 11) is 6.10. The Morgan fingerprint density at radius 1 is 1.32 bits per heavy atom. The van der Waals surface area contributed by atoms with Gasteiger partial charge in [0.15, 0.2) is 0 Å². The molecule has 1 aromatic rings. The number of fused-ring (bicyclic) bond motifs is 1. The van der Waals surface area contributed by atoms with Gasteiger partial charge < -0.3 is 10.1 Å². The van der Waals surface area contributed by atoms with Gasteiger partial charge in [0.2, 0.25) is 0 Å². The minimum atomic E-state index is 0.427. The van der Waals surface area contributed by atoms with Crippen LogP contribution in [-0.2, 0) is 6.42 Å². The summed E-state index contributed by atoms with van der Waals surface area (Å²) < 4.78 is 5.37. The summed E-state index contributed by atoms with van der Waals surface area (Å²) in [4.78, 5) is 2.59. The van der Waals surface area contributed by atoms with E-state index in [1.807, 2.05) is 0 Å². The van der Waals surface area contributed by atoms with Crippen LogP contribution in [0.4, 0.5) is 0 Å². The van der Waals surface area contributed by atoms with Crippen LogP contribution in [0.15, 0.2) is 18.2 Å². The second-order valence-electron chi connectivity index (χ2n) is 5.85. The van der Waals surface area contributed by atoms with Gasteiger partial charge in [-0.2, -0.15) is 0 Å². The van der Waals surface area contributed by atoms with Crippen LogP contribution >= 0.6 is 0 Å². The third-order valence-corrected chi connectivity index (χ3v) is 4.99. The number of nitrogens with one attached hydrogen (secondary N) is 1. The van der Waals surface area contributed by atoms with Crippen molar-refractivity contribution in [2.75, 3.05) is 21.2 Å². The zero-order valence-electron chi connectivity index (χ0n) is 12.1. The molecule has 19 heavy (non-hydrogen) atoms. The Balaban J connectivity index is 1.85. The van der Waals surface area contributed by atoms with Gasteiger partial charge in [0.25, 0.3) is 0 Å². The Morgan fingerprint density at radius 2 is 2.11 bits per heavy atom. The standard InChI is InChI=1S/C16H24N2O/c1-17-16-14-10-13(19-3)8-7-11(14)9-15(16)18(2)12-5-4-6-12/h7-8,10,12,15-17H,4-6,9H2,1-3H3. The summed E-state index contributed by atoms with van der Waals surface area (Å²) >= 11 is 0. The van der Waals surface area contributed by atoms with Gasteiger partial charge in [0, 0.05) is 18.1 Å². The van der Waals surface area contributed by atoms with Crippen molar-refractivity contribution >= 4 is 0 Å². The highest BCUT2D eigenvalue weighted by Crippen LogP contribution is 2.38. The molecule has 0 radical (unpaired) electrons. The van der Waals surface area contributed by atoms with E-state index in [-0.39, 0.29) is 0 Å². The predicted molar refractivity (Wildman–Crippen MR) is 77.7 cm³/mol. The van der Waals surface area contributed by atoms with E-state index in [0.717, 1.165) is 18.2 Å². The van der Waals surface area contributed by atoms with Gasteiger partial charge >= 0.3 is 0 Å². The van der Waals surface area contributed by atoms with Gasteiger partial charge in [-0.25, -0.2) is 0 Å². The first-order valence-corrected chi connectivity index (χ1v) is 7.30. The SMILES string of the molecule is CNC1c2cc(OC)ccc2CC1N(C)C1CCC1. The van der Waals surface area contributed by atoms with E-state index < -0.39 is 0 Å². The normalized spacial score (nSPS) is 26.3. The van der Waals surface area contributed by atoms with Gasteiger partial charge in [-0.05, 0) is 56.6 Å². The molecule has 0 heterocycles. The molecule has 3 heteroatoms. The van der Waals surface area contributed by atoms with Gasteiger partial charge in [0.1, 0.15) is 5.75 Å². The maximum absolute atomic E-state index is 5.37. The topological polar surface area (TPSA) is 24.5 Å². The molecule has 0 spiro atoms. The predicted octanol–water partition coefficient (Wildman–Crippen LogP) is 2.36. The van der Waals surface area contributed by atoms with Crippen LogP contribution in [0.2, 0.25) is 0 Å². The lowest BCUT2D eigenvalue weighted by Gasteiger charge is -2.41. The molecule has 1 saturated carbocycles. The molecule has 2 aliphatic carbocycles. The molecule has 104 valence electrons. The van der Waals surface area contributed by atoms with Crippen LogP contribution in [0.3, 0.4) is 0 Å². The monoisotopic (exact) mass is 260 g/mol. The molecule has 0 saturated heterocycles. The first kappa shape index (κ1) is 12.9. The van der Waals surface area contributed by atoms with Crippen LogP contribution in [0.1, 0.15) is 36.4 Å². The third-order valence-electron chi connectivity index (χ3n) is 4.99. The number of benzene rings is 1. The number of ether oxygens (including phenoxy) is 1. The molecule has 2 unspecified atom stereocenters. The summed E-state index contributed by atoms with van der Waals surface area (Å²) in [5.41, 5.74) is 2.88. The minimum Gasteiger partial charge on any atom is -0.497 e. The summed E-state index contributed by atoms with van der Waals surface area (Å²) in [6.45, 7) is 0. The summed E-state index contributed by atoms with van der Waals surface area (Å²) in [5, 5.41) is 3.51. The van der Waals surface area contributed by atoms with Crippen molar-refractivity contribution in [2.24, 2.45) is 0 Å². The second kappa shape index (κ2) is 5.14. The number of likely N-dealkylation sites (N-methyl/N-ethyl adjacent to an activating group) is 2. The van der Waals surface area contributed by atoms with Gasteiger partial charge in [-0.3, -0.25) is 4.90 Å². The van der Waals surface area contributed by atoms with Crippen molar-refractivity contribution in [3.8, 4) is 5.75 Å². The first-order chi connectivity index (χ1) is 9.24. The molecule has 0 aromatic heterocycles. The Hall–Kier alpha value is -1.06. The molecule has 3 nitrogen and oxygen atoms in total. The van der Waals surface area contributed by atoms with Crippen LogP contribution in [-0.4, -0.2) is 38.2 Å². The lowest BCUT2D eigenvalue weighted by atomic mass is 9.90. The molecule has 0 aliphatic heterocycles. The Morgan fingerprint density at radius 3 is 2.68 bits per heavy atom. The van der Waals surface area contributed by atoms with Crippen molar-refractivity contribution in [3.63, 3.8) is 0 Å². The Kier molecular flexibility index (Phi) is 3.50. The summed E-state index contributed by atoms with van der Waals surface area (Å²) in [6.07, 6.45) is 5.27. The maximum Gasteiger partial charge on any atom is 0.119 e. The molecule has 0 bridgehead atoms. The quantitative estimate of drug-likeness (QED) is 0.899. The number of nitrogens with zero attached hydrogens (tertiary/aromatic N) is 1. The average Bonchev–Trinajstić information content (AvgIpc) is 2.73. The van der Waals surface area contributed by atoms with Crippen molar-refractivity contribution in [1.29, 1.82) is 0 Å². The number of methoxy groups -OCH3 is 1. The Labute approximate surface area is 115 Å². The second-order valence-corrected chi connectivity index (χ2v) is 5.85. The molecule has 1 fully saturated rings. The van der Waals surface area contributed by atoms with E-state index in [0.29, 0.717) is 12.1 Å². The lowest BCUT2D eigenvalue weighted by Crippen LogP contribution is -2.48. The molecule has 2 atom stereocenters. The maximum atomic E-state index is 5.37. The van der Waals surface area contributed by atoms with Gasteiger partial charge in [-0.15, -0.1) is 0 Å². The average molecular weight is 260 g/mol. The zero-order chi connectivity index (χ0) is 13.4. The van der Waals surface area contributed by atoms with Gasteiger partial charge in [-0.1, -0.05) is 12.5 Å². The smallest absolute Gasteiger partial charge is 0.119 e. The van der Waals surface area contributed by atoms with Gasteiger partial charge in [0.05, 0.1) is 7.11 Å². The first-order valence-electron chi connectivity index (χ1n) is 7.30. The zero-order valence-corrected chi connectivity index (χ0v) is 12.1. The highest BCUT2D eigenvalue weighted by Gasteiger charge is 2.38. The van der Waals surface area contributed by atoms with Crippen molar-refractivity contribution in [1.82, 2.24) is 10.2 Å². The molecular formula is C16H24N2O. The van der Waals surface area contributed by atoms with E-state index >= 15 is 0 Å². The number of hydrogen-bond donors (Lipinski definition) is 1. The van der Waals surface area contributed by atoms with E-state index in [1.54, 1.807) is 7.11 Å². The molecule has 0 amide bonds. The van der Waals surface area contributed by atoms with Crippen molar-refractivity contribution < 1.29 is 4.74 Å². The molecule has 2 aliphatic rings. The molecule has 3 rings (SSSR count). The summed E-state index contributed by atoms with van der Waals surface area (Å²) in [5.74, 6) is 0.964. The van der Waals surface area contributed by atoms with Crippen molar-refractivity contribution in [2.45, 2.75) is 43.8 Å². The van der Waals surface area contributed by atoms with E-state index in [9.17, 15) is 0 Å². The lowest BCUT2D eigenvalue weighted by molar-refractivity contribution is 0.0951. The summed E-state index contributed by atoms with van der Waals surface area (Å²) in [6, 6.07) is 8.31. The van der Waals surface area contributed by atoms with Crippen molar-refractivity contribution in [3.05, 3.63) is 29.3 Å². The van der Waals surface area contributed by atoms with E-state index in [2.05, 4.69) is 42.5 Å². The van der Waals surface area contributed by atoms with E-state index in [4.69, 9.17) is 4.74 Å². The minimum absolute atomic E-state index is 0.427. The highest BCUT2D eigenvalue weighted by molar-refractivity contribution is 5.42. The fourth-order valence-corrected chi connectivity index (χ4v) is 3.52. The van der Waals surface area contributed by atoms with Crippen LogP contribution in [0, 0.1) is 0 Å². The fourth-order valence-electron chi connectivity index (χ4n) is 3.52. The fraction of sp³-hybridized carbons (Fsp3) is 0.625. The van der Waals surface area contributed by atoms with Crippen LogP contribution in [0.25, 0.3) is 0 Å². The highest BCUT2D eigenvalue weighted by atomic mass is 16.5. The molecule has 1 aromatic carbocycles. The third kappa shape index (κ3) is 2.15. The van der Waals surface area contributed by atoms with Crippen LogP contribution in [0.5, 0.6) is 5.75 Å². The molecule has 1 N–H and O–H groups in total. The number of rotatable bonds is 4. The van der Waals surface area contributed by atoms with E-state index in [1.165, 1.54) is 30.4 Å². The number of hydrogen-bond acceptors (Lipinski definition) is 3. The van der Waals surface area contributed by atoms with Crippen LogP contribution < -0.4 is 10.1 Å². The largest absolute Gasteiger partial charge is 0.497 e. The Bertz CT molecular complexity index is 456. The molecular weight excluding hydrogens is 236 g/mol.